The van der Waals surface area contributed by atoms with E-state index in [-0.39, 0.29) is 69.3 Å². The molecule has 0 aromatic heterocycles. The third-order valence-corrected chi connectivity index (χ3v) is 6.89. The van der Waals surface area contributed by atoms with Crippen LogP contribution in [-0.2, 0) is 43.2 Å². The van der Waals surface area contributed by atoms with Crippen molar-refractivity contribution in [3.05, 3.63) is 0 Å². The van der Waals surface area contributed by atoms with Crippen LogP contribution in [0.4, 0.5) is 0 Å². The standard InChI is InChI=1S/C28H46N11O9/c1-14(2)10-19(24(45)34-12-23(44)35-15(13-40)11-21(30)42)39-25(46)16(4-3-9-33-28(31)32)37-27(48)18(5-7-20(29)41)38-26(47)17-6-8-22(43)36-17/h14-19H,3-12H2,1-2H3,(H2,29,41)(H2,30,42)(H,34,45)(H,35,44)(H,36,43)(H,37,48)(H,38,47)(H,39,46)(H4,31,32,33)/t15-,16-,17-,18-,19-/m0/s1. The predicted molar refractivity (Wildman–Crippen MR) is 168 cm³/mol. The first-order chi connectivity index (χ1) is 22.5. The Morgan fingerprint density at radius 3 is 2.02 bits per heavy atom. The summed E-state index contributed by atoms with van der Waals surface area (Å²) in [6.45, 7) is 3.09. The summed E-state index contributed by atoms with van der Waals surface area (Å²) in [5.41, 5.74) is 15.6. The Bertz CT molecular complexity index is 1230. The van der Waals surface area contributed by atoms with E-state index in [9.17, 15) is 43.2 Å². The van der Waals surface area contributed by atoms with Gasteiger partial charge in [0.05, 0.1) is 13.0 Å². The fraction of sp³-hybridized carbons (Fsp3) is 0.643. The molecular weight excluding hydrogens is 634 g/mol. The molecule has 1 rings (SSSR count). The van der Waals surface area contributed by atoms with Gasteiger partial charge >= 0.3 is 0 Å². The SMILES string of the molecule is CC(C)C[C@H](NC(=O)[C@H](CCCNC(=N)N)NC(=O)[C@H](CCC(N)=O)NC(=O)[C@@H]1CCC(=O)N1)C(=O)NCC(=O)N[C@H]([C]=O)CC(N)=O. The monoisotopic (exact) mass is 680 g/mol. The fourth-order valence-corrected chi connectivity index (χ4v) is 4.54. The zero-order valence-corrected chi connectivity index (χ0v) is 26.9. The highest BCUT2D eigenvalue weighted by molar-refractivity contribution is 5.97. The fourth-order valence-electron chi connectivity index (χ4n) is 4.54. The zero-order valence-electron chi connectivity index (χ0n) is 26.9. The molecule has 267 valence electrons. The summed E-state index contributed by atoms with van der Waals surface area (Å²) in [6, 6.07) is -5.98. The Balaban J connectivity index is 3.09. The van der Waals surface area contributed by atoms with Crippen molar-refractivity contribution in [2.45, 2.75) is 95.4 Å². The van der Waals surface area contributed by atoms with E-state index < -0.39 is 84.5 Å². The maximum Gasteiger partial charge on any atom is 0.243 e. The Morgan fingerprint density at radius 2 is 1.50 bits per heavy atom. The van der Waals surface area contributed by atoms with E-state index in [0.717, 1.165) is 0 Å². The Labute approximate surface area is 277 Å². The normalized spacial score (nSPS) is 16.2. The molecule has 48 heavy (non-hydrogen) atoms. The molecule has 20 nitrogen and oxygen atoms in total. The van der Waals surface area contributed by atoms with Gasteiger partial charge in [-0.25, -0.2) is 0 Å². The number of carbonyl (C=O) groups excluding carboxylic acids is 9. The van der Waals surface area contributed by atoms with E-state index in [1.54, 1.807) is 13.8 Å². The van der Waals surface area contributed by atoms with Gasteiger partial charge in [-0.2, -0.15) is 0 Å². The lowest BCUT2D eigenvalue weighted by atomic mass is 10.0. The molecule has 0 unspecified atom stereocenters. The summed E-state index contributed by atoms with van der Waals surface area (Å²) >= 11 is 0. The van der Waals surface area contributed by atoms with Gasteiger partial charge in [0.2, 0.25) is 53.5 Å². The molecule has 0 bridgehead atoms. The van der Waals surface area contributed by atoms with Crippen LogP contribution in [0.25, 0.3) is 0 Å². The highest BCUT2D eigenvalue weighted by atomic mass is 16.2. The molecule has 0 saturated carbocycles. The van der Waals surface area contributed by atoms with Crippen LogP contribution in [0.3, 0.4) is 0 Å². The number of carbonyl (C=O) groups is 8. The van der Waals surface area contributed by atoms with Crippen molar-refractivity contribution in [3.63, 3.8) is 0 Å². The second kappa shape index (κ2) is 20.7. The molecule has 1 aliphatic heterocycles. The van der Waals surface area contributed by atoms with Crippen molar-refractivity contribution in [1.29, 1.82) is 5.41 Å². The number of primary amides is 2. The molecular formula is C28H46N11O9. The molecule has 5 atom stereocenters. The smallest absolute Gasteiger partial charge is 0.243 e. The second-order valence-corrected chi connectivity index (χ2v) is 11.6. The average Bonchev–Trinajstić information content (AvgIpc) is 3.44. The van der Waals surface area contributed by atoms with Crippen molar-refractivity contribution in [2.75, 3.05) is 13.1 Å². The van der Waals surface area contributed by atoms with Gasteiger partial charge in [0, 0.05) is 19.4 Å². The van der Waals surface area contributed by atoms with Gasteiger partial charge in [-0.1, -0.05) is 13.8 Å². The number of nitrogens with one attached hydrogen (secondary N) is 8. The van der Waals surface area contributed by atoms with Crippen molar-refractivity contribution in [3.8, 4) is 0 Å². The Kier molecular flexibility index (Phi) is 17.6. The molecule has 1 fully saturated rings. The zero-order chi connectivity index (χ0) is 36.4. The third kappa shape index (κ3) is 16.3. The number of amides is 8. The average molecular weight is 681 g/mol. The first-order valence-electron chi connectivity index (χ1n) is 15.3. The van der Waals surface area contributed by atoms with Crippen molar-refractivity contribution in [2.24, 2.45) is 23.1 Å². The van der Waals surface area contributed by atoms with Crippen LogP contribution >= 0.6 is 0 Å². The molecule has 0 aromatic rings. The van der Waals surface area contributed by atoms with E-state index in [4.69, 9.17) is 22.6 Å². The van der Waals surface area contributed by atoms with Gasteiger partial charge in [-0.15, -0.1) is 0 Å². The lowest BCUT2D eigenvalue weighted by Crippen LogP contribution is -2.58. The Hall–Kier alpha value is -5.30. The molecule has 20 heteroatoms. The number of hydrogen-bond donors (Lipinski definition) is 11. The second-order valence-electron chi connectivity index (χ2n) is 11.6. The largest absolute Gasteiger partial charge is 0.370 e. The molecule has 1 radical (unpaired) electrons. The predicted octanol–water partition coefficient (Wildman–Crippen LogP) is -5.12. The van der Waals surface area contributed by atoms with Crippen LogP contribution in [0.5, 0.6) is 0 Å². The molecule has 8 amide bonds. The summed E-state index contributed by atoms with van der Waals surface area (Å²) in [4.78, 5) is 110. The summed E-state index contributed by atoms with van der Waals surface area (Å²) < 4.78 is 0. The van der Waals surface area contributed by atoms with Crippen LogP contribution in [-0.4, -0.2) is 103 Å². The lowest BCUT2D eigenvalue weighted by molar-refractivity contribution is -0.135. The molecule has 1 heterocycles. The van der Waals surface area contributed by atoms with Crippen LogP contribution in [0.1, 0.15) is 65.2 Å². The van der Waals surface area contributed by atoms with E-state index >= 15 is 0 Å². The molecule has 14 N–H and O–H groups in total. The maximum absolute atomic E-state index is 13.5. The highest BCUT2D eigenvalue weighted by Crippen LogP contribution is 2.10. The van der Waals surface area contributed by atoms with Gasteiger partial charge < -0.3 is 54.4 Å². The van der Waals surface area contributed by atoms with E-state index in [1.165, 1.54) is 6.29 Å². The van der Waals surface area contributed by atoms with E-state index in [1.807, 2.05) is 0 Å². The molecule has 0 aliphatic carbocycles. The van der Waals surface area contributed by atoms with Crippen molar-refractivity contribution < 1.29 is 43.2 Å². The first-order valence-corrected chi connectivity index (χ1v) is 15.3. The number of hydrogen-bond acceptors (Lipinski definition) is 10. The van der Waals surface area contributed by atoms with Gasteiger partial charge in [-0.3, -0.25) is 48.6 Å². The summed E-state index contributed by atoms with van der Waals surface area (Å²) in [5.74, 6) is -6.27. The van der Waals surface area contributed by atoms with Crippen LogP contribution < -0.4 is 54.4 Å². The van der Waals surface area contributed by atoms with E-state index in [2.05, 4.69) is 37.2 Å². The van der Waals surface area contributed by atoms with Gasteiger partial charge in [0.15, 0.2) is 5.96 Å². The summed E-state index contributed by atoms with van der Waals surface area (Å²) in [6.07, 6.45) is 1.10. The van der Waals surface area contributed by atoms with Gasteiger partial charge in [0.1, 0.15) is 30.2 Å². The van der Waals surface area contributed by atoms with Crippen molar-refractivity contribution in [1.82, 2.24) is 37.2 Å². The number of rotatable bonds is 22. The van der Waals surface area contributed by atoms with Gasteiger partial charge in [0.25, 0.3) is 0 Å². The minimum absolute atomic E-state index is 0.0190. The van der Waals surface area contributed by atoms with Crippen LogP contribution in [0.15, 0.2) is 0 Å². The van der Waals surface area contributed by atoms with Crippen molar-refractivity contribution >= 4 is 59.5 Å². The topological polar surface area (TPSA) is 340 Å². The lowest BCUT2D eigenvalue weighted by Gasteiger charge is -2.26. The van der Waals surface area contributed by atoms with Crippen LogP contribution in [0.2, 0.25) is 0 Å². The molecule has 0 aromatic carbocycles. The minimum Gasteiger partial charge on any atom is -0.370 e. The quantitative estimate of drug-likeness (QED) is 0.0292. The maximum atomic E-state index is 13.5. The summed E-state index contributed by atoms with van der Waals surface area (Å²) in [7, 11) is 0. The molecule has 1 saturated heterocycles. The summed E-state index contributed by atoms with van der Waals surface area (Å²) in [5, 5.41) is 24.5. The van der Waals surface area contributed by atoms with Gasteiger partial charge in [-0.05, 0) is 38.0 Å². The molecule has 1 aliphatic rings. The minimum atomic E-state index is -1.32. The third-order valence-electron chi connectivity index (χ3n) is 6.89. The van der Waals surface area contributed by atoms with Crippen LogP contribution in [0, 0.1) is 11.3 Å². The first kappa shape index (κ1) is 40.7. The number of guanidine groups is 1. The number of nitrogens with two attached hydrogens (primary N) is 3. The highest BCUT2D eigenvalue weighted by Gasteiger charge is 2.33. The molecule has 0 spiro atoms. The Morgan fingerprint density at radius 1 is 0.875 bits per heavy atom. The van der Waals surface area contributed by atoms with E-state index in [0.29, 0.717) is 0 Å².